The van der Waals surface area contributed by atoms with Crippen LogP contribution in [0, 0.1) is 17.2 Å². The summed E-state index contributed by atoms with van der Waals surface area (Å²) in [7, 11) is 1.25. The third kappa shape index (κ3) is 3.39. The number of hydrogen-bond donors (Lipinski definition) is 2. The zero-order chi connectivity index (χ0) is 20.4. The van der Waals surface area contributed by atoms with Gasteiger partial charge in [-0.1, -0.05) is 6.92 Å². The van der Waals surface area contributed by atoms with E-state index in [2.05, 4.69) is 11.8 Å². The summed E-state index contributed by atoms with van der Waals surface area (Å²) in [5.74, 6) is -0.733. The van der Waals surface area contributed by atoms with E-state index in [1.54, 1.807) is 12.1 Å². The van der Waals surface area contributed by atoms with Crippen molar-refractivity contribution in [2.45, 2.75) is 19.8 Å². The van der Waals surface area contributed by atoms with Gasteiger partial charge >= 0.3 is 5.97 Å². The van der Waals surface area contributed by atoms with Gasteiger partial charge in [-0.05, 0) is 37.0 Å². The van der Waals surface area contributed by atoms with Crippen molar-refractivity contribution >= 4 is 23.3 Å². The van der Waals surface area contributed by atoms with Gasteiger partial charge in [0.2, 0.25) is 5.91 Å². The van der Waals surface area contributed by atoms with Crippen LogP contribution in [0.15, 0.2) is 24.4 Å². The Balaban J connectivity index is 2.25. The van der Waals surface area contributed by atoms with E-state index in [-0.39, 0.29) is 16.9 Å². The van der Waals surface area contributed by atoms with Gasteiger partial charge in [-0.15, -0.1) is 0 Å². The van der Waals surface area contributed by atoms with Crippen molar-refractivity contribution in [2.75, 3.05) is 30.8 Å². The van der Waals surface area contributed by atoms with Crippen LogP contribution in [-0.2, 0) is 4.74 Å². The fourth-order valence-electron chi connectivity index (χ4n) is 3.65. The van der Waals surface area contributed by atoms with E-state index in [0.29, 0.717) is 17.2 Å². The van der Waals surface area contributed by atoms with Gasteiger partial charge in [0, 0.05) is 24.8 Å². The standard InChI is InChI=1S/C20H23N5O3/c1-12-4-3-7-24(10-12)15-6-5-13(19(23)26)8-16(15)25-11-14(9-21)17(22)18(25)20(27)28-2/h5-6,8,11-12H,3-4,7,10,22H2,1-2H3,(H2,23,26). The first-order valence-electron chi connectivity index (χ1n) is 9.05. The molecule has 1 aromatic carbocycles. The first-order valence-corrected chi connectivity index (χ1v) is 9.05. The minimum atomic E-state index is -0.665. The van der Waals surface area contributed by atoms with Crippen molar-refractivity contribution in [2.24, 2.45) is 11.7 Å². The highest BCUT2D eigenvalue weighted by Crippen LogP contribution is 2.33. The molecule has 1 unspecified atom stereocenters. The quantitative estimate of drug-likeness (QED) is 0.780. The Labute approximate surface area is 163 Å². The maximum absolute atomic E-state index is 12.4. The Bertz CT molecular complexity index is 973. The molecule has 0 spiro atoms. The lowest BCUT2D eigenvalue weighted by Gasteiger charge is -2.34. The molecule has 8 heteroatoms. The summed E-state index contributed by atoms with van der Waals surface area (Å²) in [5, 5.41) is 9.37. The van der Waals surface area contributed by atoms with Crippen molar-refractivity contribution in [1.82, 2.24) is 4.57 Å². The number of rotatable bonds is 4. The minimum absolute atomic E-state index is 0.0387. The van der Waals surface area contributed by atoms with Gasteiger partial charge in [-0.3, -0.25) is 4.79 Å². The van der Waals surface area contributed by atoms with Gasteiger partial charge in [-0.25, -0.2) is 4.79 Å². The van der Waals surface area contributed by atoms with Gasteiger partial charge in [-0.2, -0.15) is 5.26 Å². The van der Waals surface area contributed by atoms with E-state index in [9.17, 15) is 14.9 Å². The van der Waals surface area contributed by atoms with Gasteiger partial charge in [0.05, 0.1) is 29.7 Å². The third-order valence-electron chi connectivity index (χ3n) is 5.06. The summed E-state index contributed by atoms with van der Waals surface area (Å²) < 4.78 is 6.38. The number of anilines is 2. The topological polar surface area (TPSA) is 127 Å². The van der Waals surface area contributed by atoms with Gasteiger partial charge in [0.1, 0.15) is 6.07 Å². The Morgan fingerprint density at radius 3 is 2.68 bits per heavy atom. The van der Waals surface area contributed by atoms with E-state index in [0.717, 1.165) is 31.6 Å². The van der Waals surface area contributed by atoms with Gasteiger partial charge in [0.15, 0.2) is 5.69 Å². The number of carbonyl (C=O) groups excluding carboxylic acids is 2. The molecule has 8 nitrogen and oxygen atoms in total. The average molecular weight is 381 g/mol. The largest absolute Gasteiger partial charge is 0.464 e. The first kappa shape index (κ1) is 19.3. The average Bonchev–Trinajstić information content (AvgIpc) is 3.03. The molecule has 0 saturated carbocycles. The second-order valence-electron chi connectivity index (χ2n) is 7.04. The highest BCUT2D eigenvalue weighted by Gasteiger charge is 2.26. The van der Waals surface area contributed by atoms with Crippen molar-refractivity contribution in [3.63, 3.8) is 0 Å². The zero-order valence-electron chi connectivity index (χ0n) is 15.9. The summed E-state index contributed by atoms with van der Waals surface area (Å²) in [5.41, 5.74) is 13.4. The van der Waals surface area contributed by atoms with Gasteiger partial charge < -0.3 is 25.7 Å². The molecule has 2 heterocycles. The lowest BCUT2D eigenvalue weighted by molar-refractivity contribution is 0.0593. The molecule has 1 fully saturated rings. The molecule has 1 amide bonds. The molecule has 2 aromatic rings. The van der Waals surface area contributed by atoms with Crippen LogP contribution in [0.5, 0.6) is 0 Å². The lowest BCUT2D eigenvalue weighted by Crippen LogP contribution is -2.35. The monoisotopic (exact) mass is 381 g/mol. The number of methoxy groups -OCH3 is 1. The Kier molecular flexibility index (Phi) is 5.27. The van der Waals surface area contributed by atoms with Crippen LogP contribution >= 0.6 is 0 Å². The number of aromatic nitrogens is 1. The molecule has 4 N–H and O–H groups in total. The number of carbonyl (C=O) groups is 2. The number of hydrogen-bond acceptors (Lipinski definition) is 6. The molecule has 28 heavy (non-hydrogen) atoms. The van der Waals surface area contributed by atoms with Crippen molar-refractivity contribution in [1.29, 1.82) is 5.26 Å². The number of amides is 1. The van der Waals surface area contributed by atoms with E-state index in [4.69, 9.17) is 16.2 Å². The normalized spacial score (nSPS) is 16.5. The number of esters is 1. The number of nitrogens with zero attached hydrogens (tertiary/aromatic N) is 3. The molecule has 1 saturated heterocycles. The van der Waals surface area contributed by atoms with Crippen LogP contribution in [0.1, 0.15) is 46.2 Å². The lowest BCUT2D eigenvalue weighted by atomic mass is 9.99. The van der Waals surface area contributed by atoms with E-state index in [1.807, 2.05) is 12.1 Å². The fourth-order valence-corrected chi connectivity index (χ4v) is 3.65. The fraction of sp³-hybridized carbons (Fsp3) is 0.350. The Morgan fingerprint density at radius 1 is 1.32 bits per heavy atom. The molecule has 3 rings (SSSR count). The molecular formula is C20H23N5O3. The maximum atomic E-state index is 12.4. The van der Waals surface area contributed by atoms with Crippen LogP contribution in [0.3, 0.4) is 0 Å². The number of nitrogens with two attached hydrogens (primary N) is 2. The molecule has 1 aromatic heterocycles. The number of piperidine rings is 1. The van der Waals surface area contributed by atoms with Crippen LogP contribution in [-0.4, -0.2) is 36.6 Å². The second kappa shape index (κ2) is 7.64. The summed E-state index contributed by atoms with van der Waals surface area (Å²) >= 11 is 0. The smallest absolute Gasteiger partial charge is 0.357 e. The summed E-state index contributed by atoms with van der Waals surface area (Å²) in [6.07, 6.45) is 3.67. The third-order valence-corrected chi connectivity index (χ3v) is 5.06. The molecule has 0 radical (unpaired) electrons. The molecular weight excluding hydrogens is 358 g/mol. The predicted molar refractivity (Wildman–Crippen MR) is 105 cm³/mol. The first-order chi connectivity index (χ1) is 13.4. The highest BCUT2D eigenvalue weighted by atomic mass is 16.5. The molecule has 1 aliphatic heterocycles. The van der Waals surface area contributed by atoms with E-state index >= 15 is 0 Å². The van der Waals surface area contributed by atoms with Crippen LogP contribution in [0.2, 0.25) is 0 Å². The number of benzene rings is 1. The number of ether oxygens (including phenoxy) is 1. The predicted octanol–water partition coefficient (Wildman–Crippen LogP) is 2.05. The van der Waals surface area contributed by atoms with Gasteiger partial charge in [0.25, 0.3) is 0 Å². The minimum Gasteiger partial charge on any atom is -0.464 e. The van der Waals surface area contributed by atoms with Crippen LogP contribution < -0.4 is 16.4 Å². The van der Waals surface area contributed by atoms with E-state index < -0.39 is 11.9 Å². The molecule has 146 valence electrons. The molecule has 1 aliphatic rings. The summed E-state index contributed by atoms with van der Waals surface area (Å²) in [6.45, 7) is 3.88. The number of nitrogen functional groups attached to an aromatic ring is 1. The molecule has 0 aliphatic carbocycles. The zero-order valence-corrected chi connectivity index (χ0v) is 15.9. The second-order valence-corrected chi connectivity index (χ2v) is 7.04. The van der Waals surface area contributed by atoms with Crippen LogP contribution in [0.25, 0.3) is 5.69 Å². The number of nitriles is 1. The molecule has 1 atom stereocenters. The summed E-state index contributed by atoms with van der Waals surface area (Å²) in [6, 6.07) is 7.08. The Morgan fingerprint density at radius 2 is 2.07 bits per heavy atom. The maximum Gasteiger partial charge on any atom is 0.357 e. The SMILES string of the molecule is COC(=O)c1c(N)c(C#N)cn1-c1cc(C(N)=O)ccc1N1CCCC(C)C1. The van der Waals surface area contributed by atoms with Crippen molar-refractivity contribution in [3.05, 3.63) is 41.2 Å². The van der Waals surface area contributed by atoms with Crippen molar-refractivity contribution in [3.8, 4) is 11.8 Å². The molecule has 0 bridgehead atoms. The summed E-state index contributed by atoms with van der Waals surface area (Å²) in [4.78, 5) is 26.3. The van der Waals surface area contributed by atoms with Crippen molar-refractivity contribution < 1.29 is 14.3 Å². The van der Waals surface area contributed by atoms with E-state index in [1.165, 1.54) is 17.9 Å². The Hall–Kier alpha value is -3.47. The highest BCUT2D eigenvalue weighted by molar-refractivity contribution is 5.97. The number of primary amides is 1. The van der Waals surface area contributed by atoms with Crippen LogP contribution in [0.4, 0.5) is 11.4 Å².